The van der Waals surface area contributed by atoms with Crippen LogP contribution in [0.4, 0.5) is 10.8 Å². The monoisotopic (exact) mass is 375 g/mol. The van der Waals surface area contributed by atoms with E-state index in [2.05, 4.69) is 42.2 Å². The van der Waals surface area contributed by atoms with Crippen molar-refractivity contribution in [3.05, 3.63) is 38.2 Å². The van der Waals surface area contributed by atoms with Crippen molar-refractivity contribution >= 4 is 59.9 Å². The van der Waals surface area contributed by atoms with Crippen LogP contribution in [-0.2, 0) is 0 Å². The average Bonchev–Trinajstić information content (AvgIpc) is 2.69. The molecule has 1 heterocycles. The minimum Gasteiger partial charge on any atom is -0.375 e. The zero-order chi connectivity index (χ0) is 12.4. The smallest absolute Gasteiger partial charge is 0.275 e. The quantitative estimate of drug-likeness (QED) is 0.842. The van der Waals surface area contributed by atoms with E-state index in [1.54, 1.807) is 11.4 Å². The Morgan fingerprint density at radius 2 is 2.18 bits per heavy atom. The molecule has 1 aromatic carbocycles. The molecule has 4 nitrogen and oxygen atoms in total. The fourth-order valence-electron chi connectivity index (χ4n) is 1.17. The summed E-state index contributed by atoms with van der Waals surface area (Å²) < 4.78 is 1.73. The van der Waals surface area contributed by atoms with Crippen molar-refractivity contribution in [2.24, 2.45) is 0 Å². The molecule has 3 N–H and O–H groups in total. The molecular weight excluding hydrogens is 370 g/mol. The Hall–Kier alpha value is -0.920. The Bertz CT molecular complexity index is 570. The fourth-order valence-corrected chi connectivity index (χ4v) is 2.86. The second-order valence-electron chi connectivity index (χ2n) is 3.15. The number of nitrogens with one attached hydrogen (secondary N) is 1. The van der Waals surface area contributed by atoms with Crippen LogP contribution in [0, 0.1) is 0 Å². The molecule has 7 heteroatoms. The van der Waals surface area contributed by atoms with Crippen LogP contribution in [0.5, 0.6) is 0 Å². The van der Waals surface area contributed by atoms with Gasteiger partial charge in [-0.3, -0.25) is 4.79 Å². The van der Waals surface area contributed by atoms with E-state index >= 15 is 0 Å². The highest BCUT2D eigenvalue weighted by Crippen LogP contribution is 2.26. The van der Waals surface area contributed by atoms with E-state index in [0.29, 0.717) is 16.5 Å². The van der Waals surface area contributed by atoms with E-state index < -0.39 is 0 Å². The zero-order valence-electron chi connectivity index (χ0n) is 8.41. The van der Waals surface area contributed by atoms with E-state index in [0.717, 1.165) is 8.95 Å². The highest BCUT2D eigenvalue weighted by Gasteiger charge is 2.11. The number of amides is 1. The van der Waals surface area contributed by atoms with Gasteiger partial charge in [0.2, 0.25) is 0 Å². The molecule has 0 fully saturated rings. The van der Waals surface area contributed by atoms with Gasteiger partial charge in [-0.05, 0) is 34.1 Å². The molecule has 0 radical (unpaired) electrons. The summed E-state index contributed by atoms with van der Waals surface area (Å²) in [7, 11) is 0. The second-order valence-corrected chi connectivity index (χ2v) is 5.81. The van der Waals surface area contributed by atoms with E-state index in [-0.39, 0.29) is 5.91 Å². The number of anilines is 2. The molecular formula is C10H7Br2N3OS. The zero-order valence-corrected chi connectivity index (χ0v) is 12.4. The highest BCUT2D eigenvalue weighted by molar-refractivity contribution is 9.11. The summed E-state index contributed by atoms with van der Waals surface area (Å²) in [5.41, 5.74) is 6.48. The van der Waals surface area contributed by atoms with Gasteiger partial charge in [0.15, 0.2) is 5.13 Å². The summed E-state index contributed by atoms with van der Waals surface area (Å²) >= 11 is 7.94. The lowest BCUT2D eigenvalue weighted by atomic mass is 10.3. The summed E-state index contributed by atoms with van der Waals surface area (Å²) in [6, 6.07) is 5.49. The van der Waals surface area contributed by atoms with Gasteiger partial charge in [-0.2, -0.15) is 0 Å². The van der Waals surface area contributed by atoms with Crippen molar-refractivity contribution in [1.29, 1.82) is 0 Å². The number of halogens is 2. The first-order valence-electron chi connectivity index (χ1n) is 4.53. The number of carbonyl (C=O) groups is 1. The second kappa shape index (κ2) is 5.16. The van der Waals surface area contributed by atoms with Crippen LogP contribution < -0.4 is 11.1 Å². The minimum atomic E-state index is -0.277. The molecule has 88 valence electrons. The fraction of sp³-hybridized carbons (Fsp3) is 0. The number of nitrogens with two attached hydrogens (primary N) is 1. The average molecular weight is 377 g/mol. The molecule has 2 aromatic rings. The number of nitrogen functional groups attached to an aromatic ring is 1. The minimum absolute atomic E-state index is 0.277. The van der Waals surface area contributed by atoms with Crippen LogP contribution in [0.3, 0.4) is 0 Å². The van der Waals surface area contributed by atoms with Gasteiger partial charge in [0.25, 0.3) is 5.91 Å². The van der Waals surface area contributed by atoms with Crippen molar-refractivity contribution in [2.75, 3.05) is 11.1 Å². The molecule has 0 atom stereocenters. The number of aromatic nitrogens is 1. The molecule has 0 saturated heterocycles. The molecule has 0 spiro atoms. The first-order valence-corrected chi connectivity index (χ1v) is 7.00. The molecule has 2 rings (SSSR count). The lowest BCUT2D eigenvalue weighted by Gasteiger charge is -2.05. The summed E-state index contributed by atoms with van der Waals surface area (Å²) in [5, 5.41) is 4.75. The third-order valence-electron chi connectivity index (χ3n) is 1.93. The lowest BCUT2D eigenvalue weighted by Crippen LogP contribution is -2.12. The molecule has 0 bridgehead atoms. The molecule has 0 saturated carbocycles. The molecule has 0 aliphatic rings. The Labute approximate surface area is 118 Å². The van der Waals surface area contributed by atoms with Crippen LogP contribution in [-0.4, -0.2) is 10.9 Å². The Balaban J connectivity index is 2.18. The van der Waals surface area contributed by atoms with Crippen LogP contribution in [0.15, 0.2) is 32.5 Å². The van der Waals surface area contributed by atoms with Crippen molar-refractivity contribution in [3.8, 4) is 0 Å². The third-order valence-corrected chi connectivity index (χ3v) is 3.76. The Morgan fingerprint density at radius 3 is 2.76 bits per heavy atom. The van der Waals surface area contributed by atoms with E-state index in [1.165, 1.54) is 11.3 Å². The maximum atomic E-state index is 11.8. The highest BCUT2D eigenvalue weighted by atomic mass is 79.9. The van der Waals surface area contributed by atoms with Gasteiger partial charge in [-0.1, -0.05) is 15.9 Å². The standard InChI is InChI=1S/C10H7Br2N3OS/c11-5-1-2-7(6(12)3-5)14-9(16)8-4-17-10(13)15-8/h1-4H,(H2,13,15)(H,14,16). The number of benzene rings is 1. The summed E-state index contributed by atoms with van der Waals surface area (Å²) in [6.45, 7) is 0. The number of hydrogen-bond donors (Lipinski definition) is 2. The van der Waals surface area contributed by atoms with Crippen LogP contribution in [0.25, 0.3) is 0 Å². The van der Waals surface area contributed by atoms with Gasteiger partial charge in [0, 0.05) is 14.3 Å². The van der Waals surface area contributed by atoms with Gasteiger partial charge in [-0.25, -0.2) is 4.98 Å². The number of rotatable bonds is 2. The molecule has 0 aliphatic carbocycles. The summed E-state index contributed by atoms with van der Waals surface area (Å²) in [5.74, 6) is -0.277. The first-order chi connectivity index (χ1) is 8.06. The van der Waals surface area contributed by atoms with E-state index in [9.17, 15) is 4.79 Å². The van der Waals surface area contributed by atoms with Gasteiger partial charge < -0.3 is 11.1 Å². The van der Waals surface area contributed by atoms with Crippen LogP contribution in [0.1, 0.15) is 10.5 Å². The Morgan fingerprint density at radius 1 is 1.41 bits per heavy atom. The molecule has 1 amide bonds. The van der Waals surface area contributed by atoms with Crippen molar-refractivity contribution in [2.45, 2.75) is 0 Å². The van der Waals surface area contributed by atoms with Crippen LogP contribution in [0.2, 0.25) is 0 Å². The van der Waals surface area contributed by atoms with Crippen molar-refractivity contribution in [3.63, 3.8) is 0 Å². The van der Waals surface area contributed by atoms with Gasteiger partial charge >= 0.3 is 0 Å². The third kappa shape index (κ3) is 3.05. The first kappa shape index (κ1) is 12.5. The number of carbonyl (C=O) groups excluding carboxylic acids is 1. The van der Waals surface area contributed by atoms with Gasteiger partial charge in [0.1, 0.15) is 5.69 Å². The number of hydrogen-bond acceptors (Lipinski definition) is 4. The van der Waals surface area contributed by atoms with E-state index in [4.69, 9.17) is 5.73 Å². The number of thiazole rings is 1. The van der Waals surface area contributed by atoms with Crippen molar-refractivity contribution in [1.82, 2.24) is 4.98 Å². The Kier molecular flexibility index (Phi) is 3.80. The summed E-state index contributed by atoms with van der Waals surface area (Å²) in [4.78, 5) is 15.7. The molecule has 17 heavy (non-hydrogen) atoms. The largest absolute Gasteiger partial charge is 0.375 e. The predicted octanol–water partition coefficient (Wildman–Crippen LogP) is 3.50. The molecule has 0 unspecified atom stereocenters. The maximum Gasteiger partial charge on any atom is 0.275 e. The predicted molar refractivity (Wildman–Crippen MR) is 76.3 cm³/mol. The van der Waals surface area contributed by atoms with Gasteiger partial charge in [0.05, 0.1) is 5.69 Å². The van der Waals surface area contributed by atoms with Crippen molar-refractivity contribution < 1.29 is 4.79 Å². The SMILES string of the molecule is Nc1nc(C(=O)Nc2ccc(Br)cc2Br)cs1. The van der Waals surface area contributed by atoms with Gasteiger partial charge in [-0.15, -0.1) is 11.3 Å². The topological polar surface area (TPSA) is 68.0 Å². The maximum absolute atomic E-state index is 11.8. The van der Waals surface area contributed by atoms with Crippen LogP contribution >= 0.6 is 43.2 Å². The molecule has 0 aliphatic heterocycles. The number of nitrogens with zero attached hydrogens (tertiary/aromatic N) is 1. The normalized spacial score (nSPS) is 10.2. The lowest BCUT2D eigenvalue weighted by molar-refractivity contribution is 0.102. The molecule has 1 aromatic heterocycles. The summed E-state index contributed by atoms with van der Waals surface area (Å²) in [6.07, 6.45) is 0. The van der Waals surface area contributed by atoms with E-state index in [1.807, 2.05) is 12.1 Å².